The summed E-state index contributed by atoms with van der Waals surface area (Å²) in [5, 5.41) is 4.17. The molecule has 2 saturated heterocycles. The summed E-state index contributed by atoms with van der Waals surface area (Å²) in [6.45, 7) is 4.02. The Kier molecular flexibility index (Phi) is 6.23. The highest BCUT2D eigenvalue weighted by Crippen LogP contribution is 2.29. The van der Waals surface area contributed by atoms with Gasteiger partial charge in [0.05, 0.1) is 5.02 Å². The normalized spacial score (nSPS) is 23.8. The number of nitrogens with one attached hydrogen (secondary N) is 1. The Hall–Kier alpha value is -0.420. The second-order valence-electron chi connectivity index (χ2n) is 5.51. The van der Waals surface area contributed by atoms with Gasteiger partial charge < -0.3 is 10.2 Å². The molecule has 1 aromatic rings. The summed E-state index contributed by atoms with van der Waals surface area (Å²) in [6.07, 6.45) is 0.600. The summed E-state index contributed by atoms with van der Waals surface area (Å²) in [6, 6.07) is 7.79. The van der Waals surface area contributed by atoms with E-state index >= 15 is 0 Å². The van der Waals surface area contributed by atoms with Crippen LogP contribution in [0.2, 0.25) is 5.02 Å². The molecule has 2 heterocycles. The van der Waals surface area contributed by atoms with Crippen LogP contribution in [0.3, 0.4) is 0 Å². The second-order valence-corrected chi connectivity index (χ2v) is 7.05. The van der Waals surface area contributed by atoms with Crippen LogP contribution in [0.15, 0.2) is 29.2 Å². The molecule has 0 aliphatic carbocycles. The maximum atomic E-state index is 12.2. The van der Waals surface area contributed by atoms with Gasteiger partial charge in [-0.3, -0.25) is 4.79 Å². The summed E-state index contributed by atoms with van der Waals surface area (Å²) < 4.78 is 0. The summed E-state index contributed by atoms with van der Waals surface area (Å²) in [5.41, 5.74) is 0. The molecule has 0 aromatic heterocycles. The molecule has 0 unspecified atom stereocenters. The van der Waals surface area contributed by atoms with E-state index in [0.717, 1.165) is 41.8 Å². The first-order valence-corrected chi connectivity index (χ1v) is 8.46. The van der Waals surface area contributed by atoms with Crippen molar-refractivity contribution in [3.8, 4) is 0 Å². The first-order chi connectivity index (χ1) is 9.74. The molecule has 6 heteroatoms. The van der Waals surface area contributed by atoms with Crippen molar-refractivity contribution in [3.63, 3.8) is 0 Å². The number of likely N-dealkylation sites (tertiary alicyclic amines) is 1. The third-order valence-electron chi connectivity index (χ3n) is 4.15. The van der Waals surface area contributed by atoms with E-state index in [9.17, 15) is 4.79 Å². The third-order valence-corrected chi connectivity index (χ3v) is 5.67. The van der Waals surface area contributed by atoms with E-state index in [1.807, 2.05) is 29.2 Å². The van der Waals surface area contributed by atoms with E-state index in [1.54, 1.807) is 11.8 Å². The van der Waals surface area contributed by atoms with Crippen molar-refractivity contribution in [1.82, 2.24) is 10.2 Å². The van der Waals surface area contributed by atoms with E-state index in [-0.39, 0.29) is 12.4 Å². The van der Waals surface area contributed by atoms with Crippen molar-refractivity contribution in [2.45, 2.75) is 11.3 Å². The van der Waals surface area contributed by atoms with Crippen molar-refractivity contribution in [2.75, 3.05) is 31.9 Å². The Morgan fingerprint density at radius 1 is 1.29 bits per heavy atom. The number of rotatable bonds is 4. The lowest BCUT2D eigenvalue weighted by atomic mass is 10.0. The number of thioether (sulfide) groups is 1. The number of nitrogens with zero attached hydrogens (tertiary/aromatic N) is 1. The van der Waals surface area contributed by atoms with Gasteiger partial charge in [0.2, 0.25) is 5.91 Å². The van der Waals surface area contributed by atoms with E-state index in [1.165, 1.54) is 0 Å². The number of carbonyl (C=O) groups excluding carboxylic acids is 1. The number of benzene rings is 1. The minimum Gasteiger partial charge on any atom is -0.342 e. The molecule has 1 amide bonds. The zero-order valence-corrected chi connectivity index (χ0v) is 14.1. The predicted molar refractivity (Wildman–Crippen MR) is 90.5 cm³/mol. The molecule has 0 radical (unpaired) electrons. The van der Waals surface area contributed by atoms with Gasteiger partial charge in [-0.15, -0.1) is 24.2 Å². The van der Waals surface area contributed by atoms with Crippen molar-refractivity contribution in [2.24, 2.45) is 11.8 Å². The SMILES string of the molecule is Cl.O=C(CCSc1ccccc1Cl)N1C[C@H]2CNC[C@H]2C1. The summed E-state index contributed by atoms with van der Waals surface area (Å²) >= 11 is 7.77. The van der Waals surface area contributed by atoms with E-state index in [0.29, 0.717) is 24.2 Å². The van der Waals surface area contributed by atoms with Crippen LogP contribution < -0.4 is 5.32 Å². The largest absolute Gasteiger partial charge is 0.342 e. The zero-order valence-electron chi connectivity index (χ0n) is 11.8. The standard InChI is InChI=1S/C15H19ClN2OS.ClH/c16-13-3-1-2-4-14(13)20-6-5-15(19)18-9-11-7-17-8-12(11)10-18;/h1-4,11-12,17H,5-10H2;1H/t11-,12+;. The maximum absolute atomic E-state index is 12.2. The summed E-state index contributed by atoms with van der Waals surface area (Å²) in [5.74, 6) is 2.44. The highest BCUT2D eigenvalue weighted by Gasteiger charge is 2.37. The van der Waals surface area contributed by atoms with Gasteiger partial charge in [-0.05, 0) is 24.0 Å². The average Bonchev–Trinajstić information content (AvgIpc) is 3.01. The first-order valence-electron chi connectivity index (χ1n) is 7.10. The van der Waals surface area contributed by atoms with Crippen LogP contribution in [-0.4, -0.2) is 42.7 Å². The Labute approximate surface area is 141 Å². The number of amides is 1. The fourth-order valence-corrected chi connectivity index (χ4v) is 4.20. The van der Waals surface area contributed by atoms with Crippen LogP contribution in [0.5, 0.6) is 0 Å². The molecule has 2 atom stereocenters. The molecule has 3 nitrogen and oxygen atoms in total. The third kappa shape index (κ3) is 4.07. The molecule has 21 heavy (non-hydrogen) atoms. The van der Waals surface area contributed by atoms with Crippen LogP contribution in [0.1, 0.15) is 6.42 Å². The molecule has 2 fully saturated rings. The molecular formula is C15H20Cl2N2OS. The number of hydrogen-bond acceptors (Lipinski definition) is 3. The minimum atomic E-state index is 0. The quantitative estimate of drug-likeness (QED) is 0.850. The monoisotopic (exact) mass is 346 g/mol. The van der Waals surface area contributed by atoms with Gasteiger partial charge in [0.15, 0.2) is 0 Å². The molecule has 3 rings (SSSR count). The Morgan fingerprint density at radius 3 is 2.62 bits per heavy atom. The van der Waals surface area contributed by atoms with Crippen LogP contribution >= 0.6 is 35.8 Å². The molecule has 1 N–H and O–H groups in total. The lowest BCUT2D eigenvalue weighted by Gasteiger charge is -2.17. The molecule has 1 aromatic carbocycles. The lowest BCUT2D eigenvalue weighted by Crippen LogP contribution is -2.32. The van der Waals surface area contributed by atoms with Gasteiger partial charge in [-0.2, -0.15) is 0 Å². The Bertz CT molecular complexity index is 488. The minimum absolute atomic E-state index is 0. The number of halogens is 2. The first kappa shape index (κ1) is 16.9. The van der Waals surface area contributed by atoms with Gasteiger partial charge in [-0.25, -0.2) is 0 Å². The molecule has 0 bridgehead atoms. The van der Waals surface area contributed by atoms with Crippen molar-refractivity contribution >= 4 is 41.7 Å². The average molecular weight is 347 g/mol. The molecule has 0 spiro atoms. The van der Waals surface area contributed by atoms with Crippen molar-refractivity contribution in [3.05, 3.63) is 29.3 Å². The van der Waals surface area contributed by atoms with Crippen LogP contribution in [0, 0.1) is 11.8 Å². The highest BCUT2D eigenvalue weighted by atomic mass is 35.5. The molecule has 116 valence electrons. The van der Waals surface area contributed by atoms with E-state index in [2.05, 4.69) is 5.32 Å². The topological polar surface area (TPSA) is 32.3 Å². The molecule has 0 saturated carbocycles. The van der Waals surface area contributed by atoms with Crippen LogP contribution in [0.4, 0.5) is 0 Å². The van der Waals surface area contributed by atoms with Crippen LogP contribution in [0.25, 0.3) is 0 Å². The number of hydrogen-bond donors (Lipinski definition) is 1. The van der Waals surface area contributed by atoms with Gasteiger partial charge in [0.1, 0.15) is 0 Å². The van der Waals surface area contributed by atoms with Gasteiger partial charge in [-0.1, -0.05) is 23.7 Å². The summed E-state index contributed by atoms with van der Waals surface area (Å²) in [4.78, 5) is 15.3. The zero-order chi connectivity index (χ0) is 13.9. The fraction of sp³-hybridized carbons (Fsp3) is 0.533. The van der Waals surface area contributed by atoms with Gasteiger partial charge in [0, 0.05) is 43.2 Å². The summed E-state index contributed by atoms with van der Waals surface area (Å²) in [7, 11) is 0. The predicted octanol–water partition coefficient (Wildman–Crippen LogP) is 2.92. The Morgan fingerprint density at radius 2 is 1.95 bits per heavy atom. The highest BCUT2D eigenvalue weighted by molar-refractivity contribution is 7.99. The Balaban J connectivity index is 0.00000161. The van der Waals surface area contributed by atoms with E-state index < -0.39 is 0 Å². The van der Waals surface area contributed by atoms with Crippen molar-refractivity contribution < 1.29 is 4.79 Å². The maximum Gasteiger partial charge on any atom is 0.223 e. The van der Waals surface area contributed by atoms with Crippen molar-refractivity contribution in [1.29, 1.82) is 0 Å². The number of carbonyl (C=O) groups is 1. The fourth-order valence-electron chi connectivity index (χ4n) is 3.03. The second kappa shape index (κ2) is 7.73. The molecular weight excluding hydrogens is 327 g/mol. The van der Waals surface area contributed by atoms with Gasteiger partial charge >= 0.3 is 0 Å². The smallest absolute Gasteiger partial charge is 0.223 e. The number of fused-ring (bicyclic) bond motifs is 1. The van der Waals surface area contributed by atoms with Crippen LogP contribution in [-0.2, 0) is 4.79 Å². The molecule has 2 aliphatic rings. The van der Waals surface area contributed by atoms with Gasteiger partial charge in [0.25, 0.3) is 0 Å². The lowest BCUT2D eigenvalue weighted by molar-refractivity contribution is -0.129. The molecule has 2 aliphatic heterocycles. The van der Waals surface area contributed by atoms with E-state index in [4.69, 9.17) is 11.6 Å².